The number of rotatable bonds is 2. The number of nitrogens with zero attached hydrogens (tertiary/aromatic N) is 2. The Hall–Kier alpha value is -4.50. The van der Waals surface area contributed by atoms with Crippen LogP contribution < -0.4 is 37.1 Å². The fraction of sp³-hybridized carbons (Fsp3) is 0.0606. The average molecular weight is 486 g/mol. The summed E-state index contributed by atoms with van der Waals surface area (Å²) in [5, 5.41) is 2.33. The Morgan fingerprint density at radius 2 is 1.11 bits per heavy atom. The Labute approximate surface area is 223 Å². The minimum atomic E-state index is 0.000948. The quantitative estimate of drug-likeness (QED) is 0.344. The van der Waals surface area contributed by atoms with Gasteiger partial charge in [-0.1, -0.05) is 120 Å². The molecule has 0 atom stereocenters. The lowest BCUT2D eigenvalue weighted by molar-refractivity contribution is 0.254. The van der Waals surface area contributed by atoms with E-state index in [4.69, 9.17) is 0 Å². The molecule has 0 fully saturated rings. The molecule has 3 aliphatic rings. The predicted molar refractivity (Wildman–Crippen MR) is 161 cm³/mol. The maximum atomic E-state index is 14.6. The van der Waals surface area contributed by atoms with E-state index in [1.54, 1.807) is 0 Å². The highest BCUT2D eigenvalue weighted by molar-refractivity contribution is 6.98. The van der Waals surface area contributed by atoms with Gasteiger partial charge in [0.15, 0.2) is 0 Å². The molecule has 5 aromatic carbocycles. The molecule has 0 saturated carbocycles. The molecule has 0 spiro atoms. The highest BCUT2D eigenvalue weighted by atomic mass is 16.2. The van der Waals surface area contributed by atoms with Gasteiger partial charge in [0.25, 0.3) is 0 Å². The first-order valence-electron chi connectivity index (χ1n) is 13.2. The number of allylic oxidation sites excluding steroid dienone is 2. The first-order valence-corrected chi connectivity index (χ1v) is 13.2. The van der Waals surface area contributed by atoms with E-state index in [2.05, 4.69) is 117 Å². The first-order chi connectivity index (χ1) is 18.6. The zero-order chi connectivity index (χ0) is 25.5. The summed E-state index contributed by atoms with van der Waals surface area (Å²) in [4.78, 5) is 18.5. The number of hydrogen-bond acceptors (Lipinski definition) is 1. The topological polar surface area (TPSA) is 23.6 Å². The van der Waals surface area contributed by atoms with Gasteiger partial charge in [0.05, 0.1) is 11.4 Å². The van der Waals surface area contributed by atoms with Gasteiger partial charge in [0, 0.05) is 16.8 Å². The average Bonchev–Trinajstić information content (AvgIpc) is 2.96. The molecule has 0 saturated heterocycles. The minimum absolute atomic E-state index is 0.000948. The summed E-state index contributed by atoms with van der Waals surface area (Å²) in [5.74, 6) is 0. The Morgan fingerprint density at radius 3 is 1.79 bits per heavy atom. The molecule has 0 unspecified atom stereocenters. The molecular weight excluding hydrogens is 462 g/mol. The monoisotopic (exact) mass is 486 g/mol. The number of fused-ring (bicyclic) bond motifs is 2. The van der Waals surface area contributed by atoms with Gasteiger partial charge in [-0.2, -0.15) is 0 Å². The highest BCUT2D eigenvalue weighted by Crippen LogP contribution is 2.46. The van der Waals surface area contributed by atoms with Gasteiger partial charge in [-0.05, 0) is 41.7 Å². The number of anilines is 3. The van der Waals surface area contributed by atoms with Crippen molar-refractivity contribution in [3.63, 3.8) is 0 Å². The van der Waals surface area contributed by atoms with Crippen molar-refractivity contribution < 1.29 is 4.79 Å². The van der Waals surface area contributed by atoms with Crippen LogP contribution in [0.4, 0.5) is 21.9 Å². The SMILES string of the molecule is CC1=C(C)N2C(=O)N3c4ccccc4B(c4ccccc4)c4ccc5ccc(c2c5c43)B1c1ccccc1. The summed E-state index contributed by atoms with van der Waals surface area (Å²) in [6, 6.07) is 38.7. The molecule has 0 aliphatic carbocycles. The zero-order valence-corrected chi connectivity index (χ0v) is 21.3. The third kappa shape index (κ3) is 2.68. The molecule has 5 heteroatoms. The number of urea groups is 1. The summed E-state index contributed by atoms with van der Waals surface area (Å²) in [7, 11) is 0. The van der Waals surface area contributed by atoms with Gasteiger partial charge < -0.3 is 0 Å². The van der Waals surface area contributed by atoms with Crippen molar-refractivity contribution in [1.29, 1.82) is 0 Å². The lowest BCUT2D eigenvalue weighted by Gasteiger charge is -2.46. The summed E-state index contributed by atoms with van der Waals surface area (Å²) in [6.07, 6.45) is 0. The molecule has 3 nitrogen and oxygen atoms in total. The Kier molecular flexibility index (Phi) is 4.40. The fourth-order valence-electron chi connectivity index (χ4n) is 6.99. The summed E-state index contributed by atoms with van der Waals surface area (Å²) >= 11 is 0. The lowest BCUT2D eigenvalue weighted by atomic mass is 9.34. The minimum Gasteiger partial charge on any atom is -0.267 e. The second kappa shape index (κ2) is 7.75. The second-order valence-corrected chi connectivity index (χ2v) is 10.6. The van der Waals surface area contributed by atoms with Crippen molar-refractivity contribution in [2.24, 2.45) is 0 Å². The van der Waals surface area contributed by atoms with Gasteiger partial charge in [0.2, 0.25) is 13.4 Å². The number of benzene rings is 5. The molecule has 0 N–H and O–H groups in total. The smallest absolute Gasteiger partial charge is 0.267 e. The van der Waals surface area contributed by atoms with Gasteiger partial charge in [-0.3, -0.25) is 9.80 Å². The molecule has 0 aromatic heterocycles. The molecule has 3 aliphatic heterocycles. The van der Waals surface area contributed by atoms with E-state index in [0.29, 0.717) is 0 Å². The summed E-state index contributed by atoms with van der Waals surface area (Å²) in [6.45, 7) is 4.45. The lowest BCUT2D eigenvalue weighted by Crippen LogP contribution is -2.62. The molecule has 2 amide bonds. The molecule has 38 heavy (non-hydrogen) atoms. The third-order valence-electron chi connectivity index (χ3n) is 8.74. The van der Waals surface area contributed by atoms with E-state index in [-0.39, 0.29) is 19.5 Å². The van der Waals surface area contributed by atoms with Crippen molar-refractivity contribution in [2.75, 3.05) is 9.80 Å². The van der Waals surface area contributed by atoms with E-state index < -0.39 is 0 Å². The second-order valence-electron chi connectivity index (χ2n) is 10.6. The molecule has 8 rings (SSSR count). The number of para-hydroxylation sites is 1. The first kappa shape index (κ1) is 21.6. The maximum absolute atomic E-state index is 14.6. The fourth-order valence-corrected chi connectivity index (χ4v) is 6.99. The Morgan fingerprint density at radius 1 is 0.553 bits per heavy atom. The number of hydrogen-bond donors (Lipinski definition) is 0. The highest BCUT2D eigenvalue weighted by Gasteiger charge is 2.47. The number of amides is 2. The Bertz CT molecular complexity index is 1830. The molecular formula is C33H24B2N2O. The molecule has 178 valence electrons. The largest absolute Gasteiger partial charge is 0.337 e. The maximum Gasteiger partial charge on any atom is 0.337 e. The predicted octanol–water partition coefficient (Wildman–Crippen LogP) is 4.20. The van der Waals surface area contributed by atoms with Crippen LogP contribution in [0, 0.1) is 0 Å². The van der Waals surface area contributed by atoms with Gasteiger partial charge >= 0.3 is 6.03 Å². The van der Waals surface area contributed by atoms with E-state index in [1.807, 2.05) is 15.9 Å². The normalized spacial score (nSPS) is 15.4. The third-order valence-corrected chi connectivity index (χ3v) is 8.74. The zero-order valence-electron chi connectivity index (χ0n) is 21.3. The van der Waals surface area contributed by atoms with Crippen molar-refractivity contribution in [1.82, 2.24) is 0 Å². The summed E-state index contributed by atoms with van der Waals surface area (Å²) < 4.78 is 0. The van der Waals surface area contributed by atoms with Crippen molar-refractivity contribution in [3.8, 4) is 0 Å². The molecule has 0 bridgehead atoms. The van der Waals surface area contributed by atoms with Crippen molar-refractivity contribution in [2.45, 2.75) is 13.8 Å². The summed E-state index contributed by atoms with van der Waals surface area (Å²) in [5.41, 5.74) is 11.3. The number of carbonyl (C=O) groups excluding carboxylic acids is 1. The van der Waals surface area contributed by atoms with Crippen LogP contribution in [0.2, 0.25) is 0 Å². The van der Waals surface area contributed by atoms with E-state index >= 15 is 0 Å². The van der Waals surface area contributed by atoms with Crippen LogP contribution in [-0.2, 0) is 0 Å². The van der Waals surface area contributed by atoms with Crippen LogP contribution in [0.1, 0.15) is 13.8 Å². The van der Waals surface area contributed by atoms with Crippen molar-refractivity contribution >= 4 is 74.6 Å². The van der Waals surface area contributed by atoms with Crippen LogP contribution in [0.5, 0.6) is 0 Å². The van der Waals surface area contributed by atoms with E-state index in [1.165, 1.54) is 32.7 Å². The van der Waals surface area contributed by atoms with Gasteiger partial charge in [-0.15, -0.1) is 0 Å². The van der Waals surface area contributed by atoms with Crippen LogP contribution >= 0.6 is 0 Å². The van der Waals surface area contributed by atoms with Gasteiger partial charge in [-0.25, -0.2) is 4.79 Å². The van der Waals surface area contributed by atoms with Crippen LogP contribution in [0.15, 0.2) is 120 Å². The standard InChI is InChI=1S/C33H24B2N2O/c1-21-22(2)36-31-27(34(21)24-11-5-3-6-12-24)19-17-23-18-20-28-32(30(23)31)37(33(36)38)29-16-10-9-15-26(29)35(28)25-13-7-4-8-14-25/h3-20H,1-2H3. The molecule has 0 radical (unpaired) electrons. The van der Waals surface area contributed by atoms with Crippen LogP contribution in [0.3, 0.4) is 0 Å². The van der Waals surface area contributed by atoms with E-state index in [9.17, 15) is 4.79 Å². The van der Waals surface area contributed by atoms with Gasteiger partial charge in [0.1, 0.15) is 0 Å². The molecule has 3 heterocycles. The molecule has 5 aromatic rings. The van der Waals surface area contributed by atoms with Crippen LogP contribution in [0.25, 0.3) is 10.8 Å². The van der Waals surface area contributed by atoms with Crippen LogP contribution in [-0.4, -0.2) is 19.5 Å². The van der Waals surface area contributed by atoms with Crippen molar-refractivity contribution in [3.05, 3.63) is 120 Å². The van der Waals surface area contributed by atoms with E-state index in [0.717, 1.165) is 33.6 Å². The Balaban J connectivity index is 1.51. The number of carbonyl (C=O) groups is 1.